The predicted octanol–water partition coefficient (Wildman–Crippen LogP) is 3.75. The van der Waals surface area contributed by atoms with Crippen molar-refractivity contribution < 1.29 is 19.1 Å². The number of carbonyl (C=O) groups excluding carboxylic acids is 3. The Balaban J connectivity index is 1.92. The zero-order valence-corrected chi connectivity index (χ0v) is 14.5. The van der Waals surface area contributed by atoms with E-state index in [1.165, 1.54) is 6.92 Å². The molecule has 1 amide bonds. The van der Waals surface area contributed by atoms with E-state index >= 15 is 0 Å². The fourth-order valence-corrected chi connectivity index (χ4v) is 2.04. The smallest absolute Gasteiger partial charge is 0.226 e. The molecule has 0 heterocycles. The molecule has 0 bridgehead atoms. The van der Waals surface area contributed by atoms with Gasteiger partial charge in [0.25, 0.3) is 0 Å². The van der Waals surface area contributed by atoms with Crippen molar-refractivity contribution in [3.05, 3.63) is 59.7 Å². The minimum absolute atomic E-state index is 0.0210. The van der Waals surface area contributed by atoms with Gasteiger partial charge in [0, 0.05) is 22.7 Å². The molecule has 2 aromatic carbocycles. The Labute approximate surface area is 147 Å². The second kappa shape index (κ2) is 8.24. The van der Waals surface area contributed by atoms with Crippen molar-refractivity contribution >= 4 is 23.2 Å². The number of amides is 1. The molecule has 130 valence electrons. The second-order valence-electron chi connectivity index (χ2n) is 6.01. The monoisotopic (exact) mass is 339 g/mol. The molecular formula is C20H21NO4. The maximum atomic E-state index is 12.2. The first-order valence-electron chi connectivity index (χ1n) is 8.04. The normalized spacial score (nSPS) is 10.4. The summed E-state index contributed by atoms with van der Waals surface area (Å²) in [5.41, 5.74) is 1.75. The maximum Gasteiger partial charge on any atom is 0.226 e. The number of hydrogen-bond acceptors (Lipinski definition) is 4. The Morgan fingerprint density at radius 3 is 2.00 bits per heavy atom. The van der Waals surface area contributed by atoms with Gasteiger partial charge in [0.05, 0.1) is 0 Å². The summed E-state index contributed by atoms with van der Waals surface area (Å²) in [6.45, 7) is 5.02. The van der Waals surface area contributed by atoms with Gasteiger partial charge >= 0.3 is 0 Å². The first-order chi connectivity index (χ1) is 11.9. The summed E-state index contributed by atoms with van der Waals surface area (Å²) < 4.78 is 5.45. The van der Waals surface area contributed by atoms with Crippen LogP contribution in [-0.2, 0) is 4.79 Å². The Hall–Kier alpha value is -2.95. The van der Waals surface area contributed by atoms with Crippen LogP contribution in [0.3, 0.4) is 0 Å². The van der Waals surface area contributed by atoms with Crippen LogP contribution in [0.5, 0.6) is 5.75 Å². The molecule has 0 saturated heterocycles. The van der Waals surface area contributed by atoms with Gasteiger partial charge in [-0.2, -0.15) is 0 Å². The Morgan fingerprint density at radius 2 is 1.48 bits per heavy atom. The van der Waals surface area contributed by atoms with Gasteiger partial charge < -0.3 is 10.1 Å². The van der Waals surface area contributed by atoms with Crippen LogP contribution in [0, 0.1) is 5.92 Å². The van der Waals surface area contributed by atoms with Gasteiger partial charge in [0.1, 0.15) is 5.75 Å². The summed E-state index contributed by atoms with van der Waals surface area (Å²) in [7, 11) is 0. The average molecular weight is 339 g/mol. The lowest BCUT2D eigenvalue weighted by Crippen LogP contribution is -2.18. The van der Waals surface area contributed by atoms with E-state index in [0.717, 1.165) is 0 Å². The van der Waals surface area contributed by atoms with Gasteiger partial charge in [-0.15, -0.1) is 0 Å². The fourth-order valence-electron chi connectivity index (χ4n) is 2.04. The van der Waals surface area contributed by atoms with E-state index in [1.807, 2.05) is 13.8 Å². The lowest BCUT2D eigenvalue weighted by Gasteiger charge is -2.09. The van der Waals surface area contributed by atoms with Crippen molar-refractivity contribution in [3.8, 4) is 5.75 Å². The molecule has 0 aromatic heterocycles. The van der Waals surface area contributed by atoms with Crippen LogP contribution in [0.15, 0.2) is 48.5 Å². The number of Topliss-reactive ketones (excluding diaryl/α,β-unsaturated/α-hetero) is 2. The molecule has 0 aliphatic heterocycles. The standard InChI is InChI=1S/C20H21NO4/c1-13(2)20(24)21-17-8-4-16(5-9-17)19(23)12-25-18-10-6-15(7-11-18)14(3)22/h4-11,13H,12H2,1-3H3,(H,21,24). The molecule has 2 aromatic rings. The Kier molecular flexibility index (Phi) is 6.06. The van der Waals surface area contributed by atoms with Crippen molar-refractivity contribution in [1.82, 2.24) is 0 Å². The first kappa shape index (κ1) is 18.4. The molecule has 0 fully saturated rings. The number of carbonyl (C=O) groups is 3. The summed E-state index contributed by atoms with van der Waals surface area (Å²) in [5.74, 6) is 0.157. The van der Waals surface area contributed by atoms with Crippen LogP contribution in [0.4, 0.5) is 5.69 Å². The molecule has 2 rings (SSSR count). The molecule has 0 aliphatic rings. The number of ether oxygens (including phenoxy) is 1. The van der Waals surface area contributed by atoms with E-state index in [9.17, 15) is 14.4 Å². The summed E-state index contributed by atoms with van der Waals surface area (Å²) in [6, 6.07) is 13.3. The van der Waals surface area contributed by atoms with Crippen molar-refractivity contribution in [3.63, 3.8) is 0 Å². The molecule has 1 N–H and O–H groups in total. The molecular weight excluding hydrogens is 318 g/mol. The van der Waals surface area contributed by atoms with E-state index in [2.05, 4.69) is 5.32 Å². The fraction of sp³-hybridized carbons (Fsp3) is 0.250. The molecule has 0 spiro atoms. The molecule has 5 nitrogen and oxygen atoms in total. The molecule has 0 aliphatic carbocycles. The summed E-state index contributed by atoms with van der Waals surface area (Å²) in [4.78, 5) is 35.0. The molecule has 5 heteroatoms. The van der Waals surface area contributed by atoms with Crippen LogP contribution in [0.25, 0.3) is 0 Å². The second-order valence-corrected chi connectivity index (χ2v) is 6.01. The van der Waals surface area contributed by atoms with E-state index in [-0.39, 0.29) is 30.0 Å². The largest absolute Gasteiger partial charge is 0.485 e. The minimum atomic E-state index is -0.169. The van der Waals surface area contributed by atoms with E-state index in [1.54, 1.807) is 48.5 Å². The van der Waals surface area contributed by atoms with Crippen molar-refractivity contribution in [1.29, 1.82) is 0 Å². The topological polar surface area (TPSA) is 72.5 Å². The summed E-state index contributed by atoms with van der Waals surface area (Å²) >= 11 is 0. The van der Waals surface area contributed by atoms with Crippen LogP contribution >= 0.6 is 0 Å². The van der Waals surface area contributed by atoms with Crippen LogP contribution in [0.1, 0.15) is 41.5 Å². The Bertz CT molecular complexity index is 761. The van der Waals surface area contributed by atoms with Gasteiger partial charge in [-0.3, -0.25) is 14.4 Å². The lowest BCUT2D eigenvalue weighted by molar-refractivity contribution is -0.118. The number of ketones is 2. The summed E-state index contributed by atoms with van der Waals surface area (Å²) in [5, 5.41) is 2.77. The molecule has 0 saturated carbocycles. The highest BCUT2D eigenvalue weighted by molar-refractivity contribution is 5.98. The van der Waals surface area contributed by atoms with Crippen LogP contribution < -0.4 is 10.1 Å². The van der Waals surface area contributed by atoms with E-state index in [4.69, 9.17) is 4.74 Å². The number of nitrogens with one attached hydrogen (secondary N) is 1. The molecule has 0 unspecified atom stereocenters. The number of hydrogen-bond donors (Lipinski definition) is 1. The quantitative estimate of drug-likeness (QED) is 0.780. The van der Waals surface area contributed by atoms with Crippen molar-refractivity contribution in [2.75, 3.05) is 11.9 Å². The third-order valence-corrected chi connectivity index (χ3v) is 3.63. The molecule has 0 atom stereocenters. The third kappa shape index (κ3) is 5.28. The SMILES string of the molecule is CC(=O)c1ccc(OCC(=O)c2ccc(NC(=O)C(C)C)cc2)cc1. The average Bonchev–Trinajstić information content (AvgIpc) is 2.60. The highest BCUT2D eigenvalue weighted by Gasteiger charge is 2.10. The van der Waals surface area contributed by atoms with Crippen molar-refractivity contribution in [2.24, 2.45) is 5.92 Å². The van der Waals surface area contributed by atoms with Gasteiger partial charge in [-0.1, -0.05) is 13.8 Å². The zero-order valence-electron chi connectivity index (χ0n) is 14.5. The van der Waals surface area contributed by atoms with Crippen LogP contribution in [0.2, 0.25) is 0 Å². The van der Waals surface area contributed by atoms with Gasteiger partial charge in [-0.05, 0) is 55.5 Å². The van der Waals surface area contributed by atoms with E-state index in [0.29, 0.717) is 22.6 Å². The van der Waals surface area contributed by atoms with Gasteiger partial charge in [-0.25, -0.2) is 0 Å². The summed E-state index contributed by atoms with van der Waals surface area (Å²) in [6.07, 6.45) is 0. The van der Waals surface area contributed by atoms with Gasteiger partial charge in [0.2, 0.25) is 5.91 Å². The number of anilines is 1. The molecule has 0 radical (unpaired) electrons. The lowest BCUT2D eigenvalue weighted by atomic mass is 10.1. The van der Waals surface area contributed by atoms with Crippen LogP contribution in [-0.4, -0.2) is 24.1 Å². The third-order valence-electron chi connectivity index (χ3n) is 3.63. The highest BCUT2D eigenvalue weighted by atomic mass is 16.5. The van der Waals surface area contributed by atoms with E-state index < -0.39 is 0 Å². The minimum Gasteiger partial charge on any atom is -0.485 e. The Morgan fingerprint density at radius 1 is 0.920 bits per heavy atom. The van der Waals surface area contributed by atoms with Gasteiger partial charge in [0.15, 0.2) is 18.2 Å². The predicted molar refractivity (Wildman–Crippen MR) is 96.2 cm³/mol. The first-order valence-corrected chi connectivity index (χ1v) is 8.04. The maximum absolute atomic E-state index is 12.2. The zero-order chi connectivity index (χ0) is 18.4. The molecule has 25 heavy (non-hydrogen) atoms. The number of rotatable bonds is 7. The highest BCUT2D eigenvalue weighted by Crippen LogP contribution is 2.15. The number of benzene rings is 2. The van der Waals surface area contributed by atoms with Crippen molar-refractivity contribution in [2.45, 2.75) is 20.8 Å².